The number of nitrogens with zero attached hydrogens (tertiary/aromatic N) is 1. The summed E-state index contributed by atoms with van der Waals surface area (Å²) >= 11 is 0. The van der Waals surface area contributed by atoms with Crippen LogP contribution in [0.25, 0.3) is 22.2 Å². The van der Waals surface area contributed by atoms with Crippen LogP contribution in [0.3, 0.4) is 0 Å². The monoisotopic (exact) mass is 255 g/mol. The maximum absolute atomic E-state index is 10.9. The molecule has 3 N–H and O–H groups in total. The molecule has 2 heterocycles. The number of aryl methyl sites for hydroxylation is 2. The molecule has 0 aliphatic rings. The Hall–Kier alpha value is -2.56. The normalized spacial score (nSPS) is 11.1. The number of aromatic nitrogens is 3. The van der Waals surface area contributed by atoms with E-state index >= 15 is 0 Å². The minimum Gasteiger partial charge on any atom is -0.477 e. The molecule has 3 rings (SSSR count). The molecule has 19 heavy (non-hydrogen) atoms. The molecule has 3 aromatic rings. The third kappa shape index (κ3) is 1.71. The number of benzene rings is 1. The van der Waals surface area contributed by atoms with Crippen LogP contribution in [0.1, 0.15) is 21.7 Å². The van der Waals surface area contributed by atoms with E-state index in [4.69, 9.17) is 5.11 Å². The second-order valence-corrected chi connectivity index (χ2v) is 4.59. The van der Waals surface area contributed by atoms with Crippen molar-refractivity contribution in [2.45, 2.75) is 13.8 Å². The van der Waals surface area contributed by atoms with E-state index in [2.05, 4.69) is 15.2 Å². The van der Waals surface area contributed by atoms with Gasteiger partial charge in [-0.15, -0.1) is 0 Å². The molecule has 5 heteroatoms. The third-order valence-electron chi connectivity index (χ3n) is 3.28. The molecule has 0 spiro atoms. The molecule has 0 atom stereocenters. The van der Waals surface area contributed by atoms with Crippen molar-refractivity contribution in [1.82, 2.24) is 15.2 Å². The average molecular weight is 255 g/mol. The Morgan fingerprint density at radius 2 is 2.11 bits per heavy atom. The van der Waals surface area contributed by atoms with E-state index in [1.807, 2.05) is 32.0 Å². The zero-order chi connectivity index (χ0) is 13.6. The zero-order valence-corrected chi connectivity index (χ0v) is 10.6. The maximum Gasteiger partial charge on any atom is 0.353 e. The average Bonchev–Trinajstić information content (AvgIpc) is 2.93. The van der Waals surface area contributed by atoms with Crippen LogP contribution >= 0.6 is 0 Å². The van der Waals surface area contributed by atoms with Gasteiger partial charge in [-0.2, -0.15) is 5.10 Å². The predicted octanol–water partition coefficient (Wildman–Crippen LogP) is 2.87. The number of nitrogens with one attached hydrogen (secondary N) is 2. The Balaban J connectivity index is 2.29. The van der Waals surface area contributed by atoms with E-state index in [1.165, 1.54) is 0 Å². The van der Waals surface area contributed by atoms with Crippen molar-refractivity contribution in [1.29, 1.82) is 0 Å². The topological polar surface area (TPSA) is 81.8 Å². The minimum atomic E-state index is -1.01. The number of aromatic carboxylic acids is 1. The number of carbonyl (C=O) groups is 1. The SMILES string of the molecule is Cc1[nH]c2cccc(C)c2c1-c1cc(C(=O)O)[nH]n1. The lowest BCUT2D eigenvalue weighted by Crippen LogP contribution is -1.95. The molecule has 0 radical (unpaired) electrons. The first-order chi connectivity index (χ1) is 9.08. The minimum absolute atomic E-state index is 0.0948. The number of carboxylic acids is 1. The van der Waals surface area contributed by atoms with E-state index in [0.29, 0.717) is 5.69 Å². The summed E-state index contributed by atoms with van der Waals surface area (Å²) in [7, 11) is 0. The van der Waals surface area contributed by atoms with Crippen molar-refractivity contribution in [3.05, 3.63) is 41.2 Å². The summed E-state index contributed by atoms with van der Waals surface area (Å²) in [4.78, 5) is 14.2. The fourth-order valence-corrected chi connectivity index (χ4v) is 2.44. The van der Waals surface area contributed by atoms with E-state index < -0.39 is 5.97 Å². The highest BCUT2D eigenvalue weighted by atomic mass is 16.4. The number of hydrogen-bond acceptors (Lipinski definition) is 2. The van der Waals surface area contributed by atoms with Gasteiger partial charge in [0.1, 0.15) is 5.69 Å². The molecule has 0 aliphatic heterocycles. The van der Waals surface area contributed by atoms with Crippen LogP contribution in [0, 0.1) is 13.8 Å². The van der Waals surface area contributed by atoms with Crippen molar-refractivity contribution in [2.75, 3.05) is 0 Å². The predicted molar refractivity (Wildman–Crippen MR) is 72.3 cm³/mol. The van der Waals surface area contributed by atoms with Gasteiger partial charge in [-0.05, 0) is 31.5 Å². The van der Waals surface area contributed by atoms with Gasteiger partial charge in [0.05, 0.1) is 5.69 Å². The lowest BCUT2D eigenvalue weighted by Gasteiger charge is -1.99. The number of rotatable bonds is 2. The first kappa shape index (κ1) is 11.5. The highest BCUT2D eigenvalue weighted by molar-refractivity contribution is 5.99. The van der Waals surface area contributed by atoms with Crippen LogP contribution in [-0.2, 0) is 0 Å². The molecular formula is C14H13N3O2. The lowest BCUT2D eigenvalue weighted by molar-refractivity contribution is 0.0690. The summed E-state index contributed by atoms with van der Waals surface area (Å²) in [6.07, 6.45) is 0. The van der Waals surface area contributed by atoms with Crippen molar-refractivity contribution in [3.63, 3.8) is 0 Å². The Kier molecular flexibility index (Phi) is 2.41. The lowest BCUT2D eigenvalue weighted by atomic mass is 10.0. The molecule has 1 aromatic carbocycles. The highest BCUT2D eigenvalue weighted by Gasteiger charge is 2.16. The first-order valence-corrected chi connectivity index (χ1v) is 5.95. The van der Waals surface area contributed by atoms with Crippen LogP contribution in [0.2, 0.25) is 0 Å². The molecule has 0 saturated heterocycles. The standard InChI is InChI=1S/C14H13N3O2/c1-7-4-3-5-9-12(7)13(8(2)15-9)10-6-11(14(18)19)17-16-10/h3-6,15H,1-2H3,(H,16,17)(H,18,19). The number of carboxylic acid groups (broad SMARTS) is 1. The second-order valence-electron chi connectivity index (χ2n) is 4.59. The van der Waals surface area contributed by atoms with Crippen LogP contribution < -0.4 is 0 Å². The van der Waals surface area contributed by atoms with Crippen LogP contribution in [0.15, 0.2) is 24.3 Å². The van der Waals surface area contributed by atoms with Gasteiger partial charge >= 0.3 is 5.97 Å². The summed E-state index contributed by atoms with van der Waals surface area (Å²) < 4.78 is 0. The Morgan fingerprint density at radius 1 is 1.32 bits per heavy atom. The summed E-state index contributed by atoms with van der Waals surface area (Å²) in [5, 5.41) is 16.7. The smallest absolute Gasteiger partial charge is 0.353 e. The fourth-order valence-electron chi connectivity index (χ4n) is 2.44. The van der Waals surface area contributed by atoms with E-state index in [0.717, 1.165) is 27.7 Å². The molecule has 0 aliphatic carbocycles. The Labute approximate surface area is 109 Å². The molecule has 0 saturated carbocycles. The van der Waals surface area contributed by atoms with Crippen molar-refractivity contribution >= 4 is 16.9 Å². The quantitative estimate of drug-likeness (QED) is 0.658. The molecule has 0 fully saturated rings. The molecule has 0 bridgehead atoms. The van der Waals surface area contributed by atoms with E-state index in [-0.39, 0.29) is 5.69 Å². The van der Waals surface area contributed by atoms with E-state index in [1.54, 1.807) is 6.07 Å². The van der Waals surface area contributed by atoms with Gasteiger partial charge in [-0.3, -0.25) is 5.10 Å². The van der Waals surface area contributed by atoms with Gasteiger partial charge in [0.2, 0.25) is 0 Å². The summed E-state index contributed by atoms with van der Waals surface area (Å²) in [5.41, 5.74) is 4.85. The van der Waals surface area contributed by atoms with Crippen molar-refractivity contribution < 1.29 is 9.90 Å². The van der Waals surface area contributed by atoms with Crippen LogP contribution in [0.5, 0.6) is 0 Å². The molecular weight excluding hydrogens is 242 g/mol. The second kappa shape index (κ2) is 3.98. The van der Waals surface area contributed by atoms with Crippen molar-refractivity contribution in [2.24, 2.45) is 0 Å². The summed E-state index contributed by atoms with van der Waals surface area (Å²) in [6, 6.07) is 7.59. The number of H-pyrrole nitrogens is 2. The highest BCUT2D eigenvalue weighted by Crippen LogP contribution is 2.33. The Morgan fingerprint density at radius 3 is 2.79 bits per heavy atom. The first-order valence-electron chi connectivity index (χ1n) is 5.95. The number of fused-ring (bicyclic) bond motifs is 1. The third-order valence-corrected chi connectivity index (χ3v) is 3.28. The molecule has 5 nitrogen and oxygen atoms in total. The molecule has 0 amide bonds. The number of aromatic amines is 2. The maximum atomic E-state index is 10.9. The van der Waals surface area contributed by atoms with Crippen molar-refractivity contribution in [3.8, 4) is 11.3 Å². The molecule has 2 aromatic heterocycles. The Bertz CT molecular complexity index is 783. The largest absolute Gasteiger partial charge is 0.477 e. The zero-order valence-electron chi connectivity index (χ0n) is 10.6. The van der Waals surface area contributed by atoms with E-state index in [9.17, 15) is 4.79 Å². The van der Waals surface area contributed by atoms with Crippen LogP contribution in [0.4, 0.5) is 0 Å². The van der Waals surface area contributed by atoms with Gasteiger partial charge in [-0.25, -0.2) is 4.79 Å². The fraction of sp³-hybridized carbons (Fsp3) is 0.143. The van der Waals surface area contributed by atoms with Gasteiger partial charge in [0, 0.05) is 22.2 Å². The van der Waals surface area contributed by atoms with Gasteiger partial charge in [-0.1, -0.05) is 12.1 Å². The summed E-state index contributed by atoms with van der Waals surface area (Å²) in [5.74, 6) is -1.01. The van der Waals surface area contributed by atoms with Gasteiger partial charge in [0.15, 0.2) is 0 Å². The molecule has 96 valence electrons. The van der Waals surface area contributed by atoms with Gasteiger partial charge < -0.3 is 10.1 Å². The van der Waals surface area contributed by atoms with Gasteiger partial charge in [0.25, 0.3) is 0 Å². The molecule has 0 unspecified atom stereocenters. The summed E-state index contributed by atoms with van der Waals surface area (Å²) in [6.45, 7) is 3.99. The van der Waals surface area contributed by atoms with Crippen LogP contribution in [-0.4, -0.2) is 26.3 Å². The number of hydrogen-bond donors (Lipinski definition) is 3.